The number of hydrogen-bond donors (Lipinski definition) is 0. The van der Waals surface area contributed by atoms with E-state index in [1.54, 1.807) is 12.1 Å². The van der Waals surface area contributed by atoms with Crippen molar-refractivity contribution in [2.24, 2.45) is 0 Å². The van der Waals surface area contributed by atoms with E-state index in [1.807, 2.05) is 43.3 Å². The van der Waals surface area contributed by atoms with Gasteiger partial charge in [0.2, 0.25) is 0 Å². The van der Waals surface area contributed by atoms with E-state index >= 15 is 0 Å². The number of nitro groups is 1. The largest absolute Gasteiger partial charge is 0.270 e. The third-order valence-electron chi connectivity index (χ3n) is 2.69. The molecule has 0 aliphatic heterocycles. The highest BCUT2D eigenvalue weighted by molar-refractivity contribution is 9.10. The third kappa shape index (κ3) is 3.51. The maximum atomic E-state index is 10.7. The van der Waals surface area contributed by atoms with Crippen LogP contribution in [0.2, 0.25) is 0 Å². The fraction of sp³-hybridized carbons (Fsp3) is 0.0667. The first-order chi connectivity index (χ1) is 9.06. The molecule has 96 valence electrons. The van der Waals surface area contributed by atoms with Gasteiger partial charge in [0.1, 0.15) is 0 Å². The normalized spacial score (nSPS) is 10.8. The predicted molar refractivity (Wildman–Crippen MR) is 80.9 cm³/mol. The summed E-state index contributed by atoms with van der Waals surface area (Å²) in [7, 11) is 0. The van der Waals surface area contributed by atoms with Crippen molar-refractivity contribution in [3.05, 3.63) is 73.7 Å². The lowest BCUT2D eigenvalue weighted by atomic mass is 10.1. The van der Waals surface area contributed by atoms with Gasteiger partial charge in [0.25, 0.3) is 5.69 Å². The Bertz CT molecular complexity index is 650. The number of non-ortho nitro benzene ring substituents is 1. The van der Waals surface area contributed by atoms with Crippen molar-refractivity contribution >= 4 is 33.8 Å². The van der Waals surface area contributed by atoms with Crippen LogP contribution in [0.15, 0.2) is 46.9 Å². The number of nitrogens with zero attached hydrogens (tertiary/aromatic N) is 1. The van der Waals surface area contributed by atoms with Gasteiger partial charge in [-0.3, -0.25) is 10.1 Å². The molecule has 2 aromatic rings. The summed E-state index contributed by atoms with van der Waals surface area (Å²) in [5.41, 5.74) is 3.13. The van der Waals surface area contributed by atoms with Gasteiger partial charge in [-0.05, 0) is 29.7 Å². The molecule has 2 rings (SSSR count). The summed E-state index contributed by atoms with van der Waals surface area (Å²) in [4.78, 5) is 10.3. The highest BCUT2D eigenvalue weighted by atomic mass is 79.9. The first-order valence-corrected chi connectivity index (χ1v) is 6.54. The van der Waals surface area contributed by atoms with Crippen molar-refractivity contribution in [2.75, 3.05) is 0 Å². The summed E-state index contributed by atoms with van der Waals surface area (Å²) < 4.78 is 1.01. The van der Waals surface area contributed by atoms with Crippen LogP contribution in [0.3, 0.4) is 0 Å². The van der Waals surface area contributed by atoms with Gasteiger partial charge in [-0.25, -0.2) is 0 Å². The molecule has 0 spiro atoms. The van der Waals surface area contributed by atoms with Crippen molar-refractivity contribution in [1.82, 2.24) is 0 Å². The molecule has 0 heterocycles. The van der Waals surface area contributed by atoms with Crippen LogP contribution in [0.4, 0.5) is 5.69 Å². The lowest BCUT2D eigenvalue weighted by Crippen LogP contribution is -1.87. The summed E-state index contributed by atoms with van der Waals surface area (Å²) in [6.45, 7) is 2.03. The van der Waals surface area contributed by atoms with E-state index in [4.69, 9.17) is 0 Å². The first kappa shape index (κ1) is 13.5. The average molecular weight is 318 g/mol. The molecule has 0 unspecified atom stereocenters. The summed E-state index contributed by atoms with van der Waals surface area (Å²) in [6, 6.07) is 12.6. The minimum absolute atomic E-state index is 0.102. The van der Waals surface area contributed by atoms with Gasteiger partial charge >= 0.3 is 0 Å². The van der Waals surface area contributed by atoms with Crippen LogP contribution in [0.25, 0.3) is 12.2 Å². The molecule has 0 radical (unpaired) electrons. The summed E-state index contributed by atoms with van der Waals surface area (Å²) in [5.74, 6) is 0. The molecule has 0 atom stereocenters. The highest BCUT2D eigenvalue weighted by Gasteiger charge is 2.03. The minimum Gasteiger partial charge on any atom is -0.258 e. The van der Waals surface area contributed by atoms with Crippen molar-refractivity contribution < 1.29 is 4.92 Å². The van der Waals surface area contributed by atoms with Gasteiger partial charge in [0.15, 0.2) is 0 Å². The Kier molecular flexibility index (Phi) is 4.12. The van der Waals surface area contributed by atoms with E-state index in [0.717, 1.165) is 15.6 Å². The molecule has 0 saturated heterocycles. The van der Waals surface area contributed by atoms with Crippen LogP contribution in [0.5, 0.6) is 0 Å². The van der Waals surface area contributed by atoms with E-state index in [0.29, 0.717) is 0 Å². The predicted octanol–water partition coefficient (Wildman–Crippen LogP) is 4.84. The van der Waals surface area contributed by atoms with Crippen LogP contribution in [0, 0.1) is 17.0 Å². The quantitative estimate of drug-likeness (QED) is 0.462. The van der Waals surface area contributed by atoms with E-state index < -0.39 is 0 Å². The second kappa shape index (κ2) is 5.80. The molecule has 4 heteroatoms. The molecular weight excluding hydrogens is 306 g/mol. The van der Waals surface area contributed by atoms with Crippen molar-refractivity contribution in [1.29, 1.82) is 0 Å². The van der Waals surface area contributed by atoms with Crippen LogP contribution >= 0.6 is 15.9 Å². The molecule has 0 aliphatic carbocycles. The highest BCUT2D eigenvalue weighted by Crippen LogP contribution is 2.21. The van der Waals surface area contributed by atoms with Gasteiger partial charge < -0.3 is 0 Å². The first-order valence-electron chi connectivity index (χ1n) is 5.75. The summed E-state index contributed by atoms with van der Waals surface area (Å²) in [5, 5.41) is 10.7. The van der Waals surface area contributed by atoms with Crippen LogP contribution in [-0.2, 0) is 0 Å². The smallest absolute Gasteiger partial charge is 0.258 e. The van der Waals surface area contributed by atoms with Crippen molar-refractivity contribution in [2.45, 2.75) is 6.92 Å². The fourth-order valence-corrected chi connectivity index (χ4v) is 2.32. The minimum atomic E-state index is -0.390. The number of rotatable bonds is 3. The van der Waals surface area contributed by atoms with Gasteiger partial charge in [-0.2, -0.15) is 0 Å². The Morgan fingerprint density at radius 3 is 2.63 bits per heavy atom. The zero-order valence-corrected chi connectivity index (χ0v) is 11.9. The molecule has 0 saturated carbocycles. The van der Waals surface area contributed by atoms with E-state index in [-0.39, 0.29) is 10.6 Å². The Hall–Kier alpha value is -1.94. The lowest BCUT2D eigenvalue weighted by Gasteiger charge is -2.00. The van der Waals surface area contributed by atoms with Crippen molar-refractivity contribution in [3.63, 3.8) is 0 Å². The molecule has 0 N–H and O–H groups in total. The lowest BCUT2D eigenvalue weighted by molar-refractivity contribution is -0.384. The molecule has 0 amide bonds. The zero-order chi connectivity index (χ0) is 13.8. The Morgan fingerprint density at radius 1 is 1.16 bits per heavy atom. The number of aryl methyl sites for hydroxylation is 1. The second-order valence-electron chi connectivity index (χ2n) is 4.21. The Morgan fingerprint density at radius 2 is 1.95 bits per heavy atom. The topological polar surface area (TPSA) is 43.1 Å². The molecule has 19 heavy (non-hydrogen) atoms. The van der Waals surface area contributed by atoms with Crippen LogP contribution in [0.1, 0.15) is 16.7 Å². The van der Waals surface area contributed by atoms with Crippen LogP contribution in [-0.4, -0.2) is 4.92 Å². The molecule has 3 nitrogen and oxygen atoms in total. The zero-order valence-electron chi connectivity index (χ0n) is 10.3. The molecule has 2 aromatic carbocycles. The number of nitro benzene ring substituents is 1. The molecule has 0 aliphatic rings. The maximum absolute atomic E-state index is 10.7. The molecule has 0 bridgehead atoms. The Balaban J connectivity index is 2.27. The molecular formula is C15H12BrNO2. The maximum Gasteiger partial charge on any atom is 0.270 e. The number of hydrogen-bond acceptors (Lipinski definition) is 2. The van der Waals surface area contributed by atoms with Gasteiger partial charge in [0.05, 0.1) is 4.92 Å². The van der Waals surface area contributed by atoms with E-state index in [1.165, 1.54) is 11.6 Å². The van der Waals surface area contributed by atoms with Crippen molar-refractivity contribution in [3.8, 4) is 0 Å². The number of halogens is 1. The third-order valence-corrected chi connectivity index (χ3v) is 3.38. The SMILES string of the molecule is Cc1ccc(/C=C/c2cccc([N+](=O)[O-])c2)c(Br)c1. The fourth-order valence-electron chi connectivity index (χ4n) is 1.70. The molecule has 0 aromatic heterocycles. The van der Waals surface area contributed by atoms with Crippen LogP contribution < -0.4 is 0 Å². The van der Waals surface area contributed by atoms with Gasteiger partial charge in [-0.1, -0.05) is 52.3 Å². The number of benzene rings is 2. The standard InChI is InChI=1S/C15H12BrNO2/c1-11-5-7-13(15(16)9-11)8-6-12-3-2-4-14(10-12)17(18)19/h2-10H,1H3/b8-6+. The molecule has 0 fully saturated rings. The van der Waals surface area contributed by atoms with Gasteiger partial charge in [-0.15, -0.1) is 0 Å². The Labute approximate surface area is 119 Å². The van der Waals surface area contributed by atoms with E-state index in [9.17, 15) is 10.1 Å². The van der Waals surface area contributed by atoms with Gasteiger partial charge in [0, 0.05) is 16.6 Å². The summed E-state index contributed by atoms with van der Waals surface area (Å²) >= 11 is 3.50. The van der Waals surface area contributed by atoms with E-state index in [2.05, 4.69) is 15.9 Å². The monoisotopic (exact) mass is 317 g/mol. The second-order valence-corrected chi connectivity index (χ2v) is 5.06. The summed E-state index contributed by atoms with van der Waals surface area (Å²) in [6.07, 6.45) is 3.80. The average Bonchev–Trinajstić information content (AvgIpc) is 2.38.